The van der Waals surface area contributed by atoms with Crippen LogP contribution in [0.5, 0.6) is 0 Å². The van der Waals surface area contributed by atoms with Crippen molar-refractivity contribution < 1.29 is 19.4 Å². The van der Waals surface area contributed by atoms with Crippen LogP contribution in [0.3, 0.4) is 0 Å². The summed E-state index contributed by atoms with van der Waals surface area (Å²) in [7, 11) is 0. The van der Waals surface area contributed by atoms with Gasteiger partial charge in [-0.25, -0.2) is 4.79 Å². The Balaban J connectivity index is 2.21. The zero-order chi connectivity index (χ0) is 28.3. The minimum absolute atomic E-state index is 0.0432. The second-order valence-corrected chi connectivity index (χ2v) is 11.8. The van der Waals surface area contributed by atoms with E-state index in [0.29, 0.717) is 30.5 Å². The summed E-state index contributed by atoms with van der Waals surface area (Å²) in [5.74, 6) is -0.0432. The first-order chi connectivity index (χ1) is 18.4. The van der Waals surface area contributed by atoms with E-state index in [4.69, 9.17) is 9.84 Å². The molecule has 1 saturated heterocycles. The van der Waals surface area contributed by atoms with Crippen LogP contribution in [-0.4, -0.2) is 66.3 Å². The molecule has 0 aromatic carbocycles. The molecule has 0 bridgehead atoms. The molecule has 1 aliphatic rings. The van der Waals surface area contributed by atoms with Crippen LogP contribution in [0.1, 0.15) is 144 Å². The monoisotopic (exact) mass is 538 g/mol. The highest BCUT2D eigenvalue weighted by Crippen LogP contribution is 2.39. The van der Waals surface area contributed by atoms with Gasteiger partial charge in [-0.15, -0.1) is 0 Å². The summed E-state index contributed by atoms with van der Waals surface area (Å²) in [6.45, 7) is 14.7. The second kappa shape index (κ2) is 19.8. The Hall–Kier alpha value is -1.14. The van der Waals surface area contributed by atoms with E-state index in [2.05, 4.69) is 27.7 Å². The van der Waals surface area contributed by atoms with Gasteiger partial charge in [-0.1, -0.05) is 85.5 Å². The molecule has 1 N–H and O–H groups in total. The molecule has 0 saturated carbocycles. The number of carbonyl (C=O) groups excluding carboxylic acids is 2. The van der Waals surface area contributed by atoms with Gasteiger partial charge in [-0.3, -0.25) is 9.69 Å². The molecule has 0 unspecified atom stereocenters. The fourth-order valence-electron chi connectivity index (χ4n) is 6.29. The molecule has 1 rings (SSSR count). The van der Waals surface area contributed by atoms with Crippen molar-refractivity contribution in [3.63, 3.8) is 0 Å². The molecule has 0 aromatic heterocycles. The van der Waals surface area contributed by atoms with Crippen LogP contribution >= 0.6 is 0 Å². The Bertz CT molecular complexity index is 631. The number of urea groups is 1. The predicted molar refractivity (Wildman–Crippen MR) is 158 cm³/mol. The van der Waals surface area contributed by atoms with Gasteiger partial charge >= 0.3 is 6.03 Å². The first-order valence-electron chi connectivity index (χ1n) is 16.1. The largest absolute Gasteiger partial charge is 0.396 e. The third-order valence-electron chi connectivity index (χ3n) is 9.71. The van der Waals surface area contributed by atoms with Gasteiger partial charge in [0.1, 0.15) is 6.54 Å². The number of likely N-dealkylation sites (N-methyl/N-ethyl adjacent to an activating group) is 1. The van der Waals surface area contributed by atoms with E-state index in [9.17, 15) is 9.59 Å². The third-order valence-corrected chi connectivity index (χ3v) is 9.71. The molecule has 1 aliphatic heterocycles. The Kier molecular flexibility index (Phi) is 18.2. The number of hydrogen-bond donors (Lipinski definition) is 1. The Morgan fingerprint density at radius 2 is 1.16 bits per heavy atom. The maximum absolute atomic E-state index is 12.3. The number of ether oxygens (including phenoxy) is 1. The lowest BCUT2D eigenvalue weighted by Crippen LogP contribution is -2.33. The fraction of sp³-hybridized carbons (Fsp3) is 0.938. The zero-order valence-corrected chi connectivity index (χ0v) is 25.8. The number of hydrogen-bond acceptors (Lipinski definition) is 4. The first-order valence-corrected chi connectivity index (χ1v) is 16.1. The fourth-order valence-corrected chi connectivity index (χ4v) is 6.29. The smallest absolute Gasteiger partial charge is 0.327 e. The highest BCUT2D eigenvalue weighted by atomic mass is 16.5. The molecule has 0 radical (unpaired) electrons. The summed E-state index contributed by atoms with van der Waals surface area (Å²) in [5.41, 5.74) is 0.851. The molecule has 1 heterocycles. The van der Waals surface area contributed by atoms with Crippen LogP contribution in [0.25, 0.3) is 0 Å². The van der Waals surface area contributed by atoms with Gasteiger partial charge in [-0.2, -0.15) is 0 Å². The number of unbranched alkanes of at least 4 members (excludes halogenated alkanes) is 5. The molecule has 224 valence electrons. The molecule has 1 fully saturated rings. The van der Waals surface area contributed by atoms with Crippen molar-refractivity contribution in [2.75, 3.05) is 39.5 Å². The average molecular weight is 539 g/mol. The van der Waals surface area contributed by atoms with Crippen molar-refractivity contribution in [1.29, 1.82) is 0 Å². The molecule has 6 heteroatoms. The van der Waals surface area contributed by atoms with Crippen LogP contribution in [-0.2, 0) is 9.53 Å². The van der Waals surface area contributed by atoms with E-state index in [-0.39, 0.29) is 18.5 Å². The maximum atomic E-state index is 12.3. The SMILES string of the molecule is CCN1CC(=O)N(CCCCC(CC)(CC)CCCCOCCCCC(CC)(CC)CCCCCO)C1=O. The number of amides is 3. The highest BCUT2D eigenvalue weighted by molar-refractivity contribution is 6.01. The van der Waals surface area contributed by atoms with E-state index >= 15 is 0 Å². The van der Waals surface area contributed by atoms with Gasteiger partial charge in [0.25, 0.3) is 0 Å². The predicted octanol–water partition coefficient (Wildman–Crippen LogP) is 7.96. The lowest BCUT2D eigenvalue weighted by atomic mass is 9.74. The number of nitrogens with zero attached hydrogens (tertiary/aromatic N) is 2. The molecule has 0 spiro atoms. The average Bonchev–Trinajstić information content (AvgIpc) is 3.22. The molecule has 6 nitrogen and oxygen atoms in total. The van der Waals surface area contributed by atoms with Gasteiger partial charge in [0.05, 0.1) is 0 Å². The number of carbonyl (C=O) groups is 2. The summed E-state index contributed by atoms with van der Waals surface area (Å²) in [4.78, 5) is 27.5. The van der Waals surface area contributed by atoms with Gasteiger partial charge in [-0.05, 0) is 69.1 Å². The van der Waals surface area contributed by atoms with Crippen LogP contribution in [0.4, 0.5) is 4.79 Å². The Morgan fingerprint density at radius 1 is 0.684 bits per heavy atom. The topological polar surface area (TPSA) is 70.1 Å². The molecular weight excluding hydrogens is 476 g/mol. The summed E-state index contributed by atoms with van der Waals surface area (Å²) in [6.07, 6.45) is 19.9. The van der Waals surface area contributed by atoms with Crippen molar-refractivity contribution >= 4 is 11.9 Å². The summed E-state index contributed by atoms with van der Waals surface area (Å²) in [6, 6.07) is -0.112. The van der Waals surface area contributed by atoms with E-state index in [0.717, 1.165) is 51.7 Å². The molecule has 0 aromatic rings. The summed E-state index contributed by atoms with van der Waals surface area (Å²) in [5, 5.41) is 9.02. The van der Waals surface area contributed by atoms with E-state index < -0.39 is 0 Å². The number of aliphatic hydroxyl groups is 1. The van der Waals surface area contributed by atoms with Crippen LogP contribution < -0.4 is 0 Å². The minimum atomic E-state index is -0.112. The lowest BCUT2D eigenvalue weighted by Gasteiger charge is -2.32. The first kappa shape index (κ1) is 34.9. The standard InChI is InChI=1S/C32H62N2O4/c1-6-31(7-2,20-12-11-17-25-35)22-14-18-26-38-27-19-15-23-32(8-3,9-4)21-13-16-24-34-29(36)28-33(10-5)30(34)37/h35H,6-28H2,1-5H3. The van der Waals surface area contributed by atoms with Crippen molar-refractivity contribution in [2.45, 2.75) is 144 Å². The summed E-state index contributed by atoms with van der Waals surface area (Å²) >= 11 is 0. The maximum Gasteiger partial charge on any atom is 0.327 e. The second-order valence-electron chi connectivity index (χ2n) is 11.8. The van der Waals surface area contributed by atoms with Gasteiger partial charge in [0, 0.05) is 32.9 Å². The number of aliphatic hydroxyl groups excluding tert-OH is 1. The van der Waals surface area contributed by atoms with Crippen molar-refractivity contribution in [1.82, 2.24) is 9.80 Å². The van der Waals surface area contributed by atoms with Crippen LogP contribution in [0, 0.1) is 10.8 Å². The van der Waals surface area contributed by atoms with Gasteiger partial charge in [0.2, 0.25) is 5.91 Å². The van der Waals surface area contributed by atoms with E-state index in [1.807, 2.05) is 6.92 Å². The highest BCUT2D eigenvalue weighted by Gasteiger charge is 2.34. The van der Waals surface area contributed by atoms with Crippen molar-refractivity contribution in [3.05, 3.63) is 0 Å². The van der Waals surface area contributed by atoms with E-state index in [1.54, 1.807) is 4.90 Å². The normalized spacial score (nSPS) is 14.8. The molecule has 3 amide bonds. The quantitative estimate of drug-likeness (QED) is 0.0945. The van der Waals surface area contributed by atoms with Crippen LogP contribution in [0.2, 0.25) is 0 Å². The van der Waals surface area contributed by atoms with Gasteiger partial charge in [0.15, 0.2) is 0 Å². The van der Waals surface area contributed by atoms with Gasteiger partial charge < -0.3 is 14.7 Å². The number of rotatable bonds is 25. The molecular formula is C32H62N2O4. The van der Waals surface area contributed by atoms with E-state index in [1.165, 1.54) is 75.5 Å². The minimum Gasteiger partial charge on any atom is -0.396 e. The Morgan fingerprint density at radius 3 is 1.58 bits per heavy atom. The molecule has 0 atom stereocenters. The molecule has 38 heavy (non-hydrogen) atoms. The lowest BCUT2D eigenvalue weighted by molar-refractivity contribution is -0.125. The third kappa shape index (κ3) is 11.9. The molecule has 0 aliphatic carbocycles. The summed E-state index contributed by atoms with van der Waals surface area (Å²) < 4.78 is 6.00. The number of imide groups is 1. The van der Waals surface area contributed by atoms with Crippen molar-refractivity contribution in [2.24, 2.45) is 10.8 Å². The Labute approximate surface area is 235 Å². The van der Waals surface area contributed by atoms with Crippen molar-refractivity contribution in [3.8, 4) is 0 Å². The zero-order valence-electron chi connectivity index (χ0n) is 25.8. The van der Waals surface area contributed by atoms with Crippen LogP contribution in [0.15, 0.2) is 0 Å².